The van der Waals surface area contributed by atoms with Gasteiger partial charge in [0, 0.05) is 0 Å². The molecule has 0 saturated carbocycles. The van der Waals surface area contributed by atoms with Crippen LogP contribution in [0.15, 0.2) is 71.9 Å². The molecule has 7 nitrogen and oxygen atoms in total. The van der Waals surface area contributed by atoms with Crippen molar-refractivity contribution in [2.24, 2.45) is 0 Å². The molecule has 136 valence electrons. The van der Waals surface area contributed by atoms with Gasteiger partial charge in [-0.05, 0) is 36.4 Å². The molecule has 27 heavy (non-hydrogen) atoms. The van der Waals surface area contributed by atoms with Crippen LogP contribution >= 0.6 is 0 Å². The van der Waals surface area contributed by atoms with Crippen LogP contribution < -0.4 is 15.0 Å². The molecule has 0 aliphatic rings. The molecule has 0 unspecified atom stereocenters. The Morgan fingerprint density at radius 3 is 2.48 bits per heavy atom. The van der Waals surface area contributed by atoms with E-state index in [-0.39, 0.29) is 5.56 Å². The summed E-state index contributed by atoms with van der Waals surface area (Å²) in [5.74, 6) is 1.48. The second kappa shape index (κ2) is 7.33. The molecule has 7 heteroatoms. The van der Waals surface area contributed by atoms with Gasteiger partial charge in [-0.25, -0.2) is 9.67 Å². The molecule has 0 N–H and O–H groups in total. The lowest BCUT2D eigenvalue weighted by molar-refractivity contribution is 0.295. The van der Waals surface area contributed by atoms with Crippen LogP contribution in [0.2, 0.25) is 0 Å². The van der Waals surface area contributed by atoms with E-state index in [9.17, 15) is 4.79 Å². The summed E-state index contributed by atoms with van der Waals surface area (Å²) in [5, 5.41) is 4.79. The van der Waals surface area contributed by atoms with Crippen LogP contribution in [0.3, 0.4) is 0 Å². The summed E-state index contributed by atoms with van der Waals surface area (Å²) in [5.41, 5.74) is 1.26. The van der Waals surface area contributed by atoms with Crippen LogP contribution in [0.1, 0.15) is 0 Å². The molecule has 0 radical (unpaired) electrons. The van der Waals surface area contributed by atoms with Gasteiger partial charge in [-0.3, -0.25) is 9.36 Å². The molecule has 4 rings (SSSR count). The largest absolute Gasteiger partial charge is 0.497 e. The maximum absolute atomic E-state index is 12.7. The number of hydrogen-bond donors (Lipinski definition) is 0. The first-order valence-electron chi connectivity index (χ1n) is 8.52. The van der Waals surface area contributed by atoms with E-state index in [0.29, 0.717) is 24.2 Å². The van der Waals surface area contributed by atoms with Crippen LogP contribution in [-0.2, 0) is 6.54 Å². The molecule has 0 saturated heterocycles. The summed E-state index contributed by atoms with van der Waals surface area (Å²) in [4.78, 5) is 17.1. The van der Waals surface area contributed by atoms with Crippen LogP contribution in [0.25, 0.3) is 16.7 Å². The topological polar surface area (TPSA) is 71.2 Å². The molecule has 2 heterocycles. The highest BCUT2D eigenvalue weighted by Gasteiger charge is 2.11. The molecule has 0 amide bonds. The van der Waals surface area contributed by atoms with E-state index in [1.54, 1.807) is 18.0 Å². The number of rotatable bonds is 6. The minimum atomic E-state index is -0.138. The molecule has 0 bridgehead atoms. The maximum atomic E-state index is 12.7. The number of fused-ring (bicyclic) bond motifs is 1. The van der Waals surface area contributed by atoms with Crippen LogP contribution in [-0.4, -0.2) is 33.0 Å². The molecule has 2 aromatic heterocycles. The van der Waals surface area contributed by atoms with Crippen molar-refractivity contribution in [1.82, 2.24) is 19.3 Å². The molecular weight excluding hydrogens is 344 g/mol. The fraction of sp³-hybridized carbons (Fsp3) is 0.150. The molecule has 0 spiro atoms. The van der Waals surface area contributed by atoms with E-state index >= 15 is 0 Å². The zero-order valence-electron chi connectivity index (χ0n) is 14.8. The van der Waals surface area contributed by atoms with Gasteiger partial charge in [-0.15, -0.1) is 0 Å². The Hall–Kier alpha value is -3.61. The first-order chi connectivity index (χ1) is 13.3. The average molecular weight is 362 g/mol. The quantitative estimate of drug-likeness (QED) is 0.527. The number of methoxy groups -OCH3 is 1. The van der Waals surface area contributed by atoms with Gasteiger partial charge in [-0.1, -0.05) is 18.2 Å². The van der Waals surface area contributed by atoms with Crippen molar-refractivity contribution in [1.29, 1.82) is 0 Å². The predicted octanol–water partition coefficient (Wildman–Crippen LogP) is 2.67. The molecule has 4 aromatic rings. The third-order valence-corrected chi connectivity index (χ3v) is 4.22. The van der Waals surface area contributed by atoms with E-state index in [1.165, 1.54) is 10.9 Å². The second-order valence-electron chi connectivity index (χ2n) is 5.90. The summed E-state index contributed by atoms with van der Waals surface area (Å²) in [6, 6.07) is 16.9. The van der Waals surface area contributed by atoms with Crippen LogP contribution in [0, 0.1) is 0 Å². The van der Waals surface area contributed by atoms with Crippen molar-refractivity contribution in [3.8, 4) is 17.2 Å². The normalized spacial score (nSPS) is 10.9. The molecule has 0 aliphatic heterocycles. The fourth-order valence-corrected chi connectivity index (χ4v) is 2.80. The van der Waals surface area contributed by atoms with Gasteiger partial charge >= 0.3 is 0 Å². The third-order valence-electron chi connectivity index (χ3n) is 4.22. The summed E-state index contributed by atoms with van der Waals surface area (Å²) in [7, 11) is 1.62. The van der Waals surface area contributed by atoms with Gasteiger partial charge in [0.15, 0.2) is 5.65 Å². The Morgan fingerprint density at radius 2 is 1.74 bits per heavy atom. The zero-order valence-corrected chi connectivity index (χ0v) is 14.8. The van der Waals surface area contributed by atoms with Gasteiger partial charge in [0.25, 0.3) is 5.56 Å². The highest BCUT2D eigenvalue weighted by Crippen LogP contribution is 2.17. The number of hydrogen-bond acceptors (Lipinski definition) is 5. The first kappa shape index (κ1) is 16.8. The maximum Gasteiger partial charge on any atom is 0.264 e. The summed E-state index contributed by atoms with van der Waals surface area (Å²) in [6.07, 6.45) is 3.08. The first-order valence-corrected chi connectivity index (χ1v) is 8.52. The molecule has 0 fully saturated rings. The molecule has 0 aliphatic carbocycles. The van der Waals surface area contributed by atoms with E-state index in [2.05, 4.69) is 10.1 Å². The van der Waals surface area contributed by atoms with Crippen LogP contribution in [0.5, 0.6) is 11.5 Å². The smallest absolute Gasteiger partial charge is 0.264 e. The Morgan fingerprint density at radius 1 is 1.00 bits per heavy atom. The average Bonchev–Trinajstić information content (AvgIpc) is 3.16. The second-order valence-corrected chi connectivity index (χ2v) is 5.90. The van der Waals surface area contributed by atoms with Crippen molar-refractivity contribution in [2.45, 2.75) is 6.54 Å². The van der Waals surface area contributed by atoms with Gasteiger partial charge in [0.05, 0.1) is 25.5 Å². The van der Waals surface area contributed by atoms with Crippen LogP contribution in [0.4, 0.5) is 0 Å². The number of para-hydroxylation sites is 1. The third kappa shape index (κ3) is 3.39. The Balaban J connectivity index is 1.51. The monoisotopic (exact) mass is 362 g/mol. The lowest BCUT2D eigenvalue weighted by atomic mass is 10.3. The highest BCUT2D eigenvalue weighted by molar-refractivity contribution is 5.74. The van der Waals surface area contributed by atoms with Gasteiger partial charge in [0.1, 0.15) is 29.8 Å². The SMILES string of the molecule is COc1ccc(OCCn2cnc3c(cnn3-c3ccccc3)c2=O)cc1. The van der Waals surface area contributed by atoms with Gasteiger partial charge < -0.3 is 9.47 Å². The standard InChI is InChI=1S/C20H18N4O3/c1-26-16-7-9-17(10-8-16)27-12-11-23-14-21-19-18(20(23)25)13-22-24(19)15-5-3-2-4-6-15/h2-10,13-14H,11-12H2,1H3. The van der Waals surface area contributed by atoms with Crippen molar-refractivity contribution in [3.05, 3.63) is 77.5 Å². The number of benzene rings is 2. The lowest BCUT2D eigenvalue weighted by Gasteiger charge is -2.09. The van der Waals surface area contributed by atoms with Crippen molar-refractivity contribution < 1.29 is 9.47 Å². The molecular formula is C20H18N4O3. The molecule has 0 atom stereocenters. The molecule has 2 aromatic carbocycles. The Bertz CT molecular complexity index is 1100. The number of nitrogens with zero attached hydrogens (tertiary/aromatic N) is 4. The fourth-order valence-electron chi connectivity index (χ4n) is 2.80. The summed E-state index contributed by atoms with van der Waals surface area (Å²) in [6.45, 7) is 0.747. The van der Waals surface area contributed by atoms with E-state index < -0.39 is 0 Å². The van der Waals surface area contributed by atoms with Crippen molar-refractivity contribution >= 4 is 11.0 Å². The van der Waals surface area contributed by atoms with Crippen molar-refractivity contribution in [2.75, 3.05) is 13.7 Å². The minimum Gasteiger partial charge on any atom is -0.497 e. The Kier molecular flexibility index (Phi) is 4.57. The van der Waals surface area contributed by atoms with E-state index in [1.807, 2.05) is 54.6 Å². The van der Waals surface area contributed by atoms with E-state index in [0.717, 1.165) is 17.2 Å². The zero-order chi connectivity index (χ0) is 18.6. The number of ether oxygens (including phenoxy) is 2. The minimum absolute atomic E-state index is 0.138. The van der Waals surface area contributed by atoms with Crippen molar-refractivity contribution in [3.63, 3.8) is 0 Å². The number of aromatic nitrogens is 4. The lowest BCUT2D eigenvalue weighted by Crippen LogP contribution is -2.23. The Labute approximate surface area is 155 Å². The highest BCUT2D eigenvalue weighted by atomic mass is 16.5. The summed E-state index contributed by atoms with van der Waals surface area (Å²) >= 11 is 0. The summed E-state index contributed by atoms with van der Waals surface area (Å²) < 4.78 is 14.0. The van der Waals surface area contributed by atoms with E-state index in [4.69, 9.17) is 9.47 Å². The predicted molar refractivity (Wildman–Crippen MR) is 102 cm³/mol. The van der Waals surface area contributed by atoms with Gasteiger partial charge in [-0.2, -0.15) is 5.10 Å². The van der Waals surface area contributed by atoms with Gasteiger partial charge in [0.2, 0.25) is 0 Å².